The fourth-order valence-electron chi connectivity index (χ4n) is 1.28. The van der Waals surface area contributed by atoms with Crippen molar-refractivity contribution in [3.05, 3.63) is 35.9 Å². The Morgan fingerprint density at radius 2 is 2.13 bits per heavy atom. The molecule has 0 radical (unpaired) electrons. The lowest BCUT2D eigenvalue weighted by Gasteiger charge is -2.05. The first-order valence-electron chi connectivity index (χ1n) is 5.06. The fourth-order valence-corrected chi connectivity index (χ4v) is 1.28. The van der Waals surface area contributed by atoms with E-state index in [1.54, 1.807) is 12.1 Å². The molecule has 0 bridgehead atoms. The van der Waals surface area contributed by atoms with Crippen LogP contribution in [0.3, 0.4) is 0 Å². The standard InChI is InChI=1S/C12H17NO2/c1-2-3-4-7-13-9-10-5-6-11(14)8-12(10)15/h2-3,5-6,8,13-15H,4,7,9H2,1H3/b3-2+. The summed E-state index contributed by atoms with van der Waals surface area (Å²) in [6.45, 7) is 3.49. The van der Waals surface area contributed by atoms with Gasteiger partial charge in [0.1, 0.15) is 11.5 Å². The third-order valence-electron chi connectivity index (χ3n) is 2.11. The highest BCUT2D eigenvalue weighted by atomic mass is 16.3. The minimum absolute atomic E-state index is 0.0881. The third-order valence-corrected chi connectivity index (χ3v) is 2.11. The summed E-state index contributed by atoms with van der Waals surface area (Å²) in [6.07, 6.45) is 5.08. The van der Waals surface area contributed by atoms with Crippen LogP contribution >= 0.6 is 0 Å². The summed E-state index contributed by atoms with van der Waals surface area (Å²) in [5.74, 6) is 0.221. The largest absolute Gasteiger partial charge is 0.508 e. The molecule has 82 valence electrons. The second kappa shape index (κ2) is 6.09. The summed E-state index contributed by atoms with van der Waals surface area (Å²) in [5, 5.41) is 21.8. The van der Waals surface area contributed by atoms with Gasteiger partial charge in [-0.3, -0.25) is 0 Å². The van der Waals surface area contributed by atoms with Crippen molar-refractivity contribution in [1.82, 2.24) is 5.32 Å². The van der Waals surface area contributed by atoms with Gasteiger partial charge in [0.2, 0.25) is 0 Å². The number of hydrogen-bond donors (Lipinski definition) is 3. The van der Waals surface area contributed by atoms with E-state index < -0.39 is 0 Å². The Bertz CT molecular complexity index is 334. The van der Waals surface area contributed by atoms with Gasteiger partial charge in [0, 0.05) is 18.2 Å². The first-order chi connectivity index (χ1) is 7.24. The van der Waals surface area contributed by atoms with E-state index in [1.165, 1.54) is 6.07 Å². The molecule has 0 fully saturated rings. The maximum Gasteiger partial charge on any atom is 0.123 e. The molecular formula is C12H17NO2. The molecule has 0 unspecified atom stereocenters. The van der Waals surface area contributed by atoms with Gasteiger partial charge in [-0.25, -0.2) is 0 Å². The normalized spacial score (nSPS) is 11.0. The molecule has 0 spiro atoms. The van der Waals surface area contributed by atoms with Crippen LogP contribution in [0.2, 0.25) is 0 Å². The third kappa shape index (κ3) is 4.04. The van der Waals surface area contributed by atoms with Crippen LogP contribution in [0, 0.1) is 0 Å². The molecule has 3 N–H and O–H groups in total. The molecule has 0 aliphatic carbocycles. The van der Waals surface area contributed by atoms with Crippen molar-refractivity contribution < 1.29 is 10.2 Å². The molecule has 0 amide bonds. The minimum Gasteiger partial charge on any atom is -0.508 e. The Morgan fingerprint density at radius 3 is 2.80 bits per heavy atom. The van der Waals surface area contributed by atoms with Gasteiger partial charge in [-0.05, 0) is 26.0 Å². The van der Waals surface area contributed by atoms with Crippen LogP contribution in [-0.4, -0.2) is 16.8 Å². The second-order valence-electron chi connectivity index (χ2n) is 3.35. The summed E-state index contributed by atoms with van der Waals surface area (Å²) < 4.78 is 0. The molecule has 15 heavy (non-hydrogen) atoms. The van der Waals surface area contributed by atoms with E-state index in [2.05, 4.69) is 11.4 Å². The topological polar surface area (TPSA) is 52.5 Å². The first kappa shape index (κ1) is 11.6. The highest BCUT2D eigenvalue weighted by molar-refractivity contribution is 5.38. The molecular weight excluding hydrogens is 190 g/mol. The van der Waals surface area contributed by atoms with Gasteiger partial charge in [-0.1, -0.05) is 18.2 Å². The van der Waals surface area contributed by atoms with E-state index in [1.807, 2.05) is 13.0 Å². The first-order valence-corrected chi connectivity index (χ1v) is 5.06. The number of allylic oxidation sites excluding steroid dienone is 1. The van der Waals surface area contributed by atoms with Gasteiger partial charge in [0.05, 0.1) is 0 Å². The summed E-state index contributed by atoms with van der Waals surface area (Å²) >= 11 is 0. The van der Waals surface area contributed by atoms with Crippen molar-refractivity contribution in [2.45, 2.75) is 19.9 Å². The highest BCUT2D eigenvalue weighted by Crippen LogP contribution is 2.21. The van der Waals surface area contributed by atoms with E-state index in [0.29, 0.717) is 6.54 Å². The number of benzene rings is 1. The Balaban J connectivity index is 2.37. The maximum atomic E-state index is 9.48. The second-order valence-corrected chi connectivity index (χ2v) is 3.35. The lowest BCUT2D eigenvalue weighted by molar-refractivity contribution is 0.444. The number of rotatable bonds is 5. The van der Waals surface area contributed by atoms with E-state index in [9.17, 15) is 5.11 Å². The summed E-state index contributed by atoms with van der Waals surface area (Å²) in [6, 6.07) is 4.64. The Labute approximate surface area is 90.1 Å². The van der Waals surface area contributed by atoms with Crippen molar-refractivity contribution in [2.75, 3.05) is 6.54 Å². The monoisotopic (exact) mass is 207 g/mol. The summed E-state index contributed by atoms with van der Waals surface area (Å²) in [7, 11) is 0. The smallest absolute Gasteiger partial charge is 0.123 e. The molecule has 3 nitrogen and oxygen atoms in total. The Morgan fingerprint density at radius 1 is 1.33 bits per heavy atom. The van der Waals surface area contributed by atoms with Crippen LogP contribution in [0.5, 0.6) is 11.5 Å². The summed E-state index contributed by atoms with van der Waals surface area (Å²) in [5.41, 5.74) is 0.799. The zero-order valence-corrected chi connectivity index (χ0v) is 8.90. The van der Waals surface area contributed by atoms with Crippen molar-refractivity contribution in [1.29, 1.82) is 0 Å². The fraction of sp³-hybridized carbons (Fsp3) is 0.333. The number of nitrogens with one attached hydrogen (secondary N) is 1. The zero-order valence-electron chi connectivity index (χ0n) is 8.90. The predicted octanol–water partition coefficient (Wildman–Crippen LogP) is 2.15. The molecule has 0 saturated carbocycles. The molecule has 1 aromatic rings. The number of aromatic hydroxyl groups is 2. The number of phenols is 2. The Kier molecular flexibility index (Phi) is 4.71. The zero-order chi connectivity index (χ0) is 11.1. The quantitative estimate of drug-likeness (QED) is 0.512. The van der Waals surface area contributed by atoms with Crippen LogP contribution in [0.15, 0.2) is 30.4 Å². The number of phenolic OH excluding ortho intramolecular Hbond substituents is 2. The molecule has 3 heteroatoms. The molecule has 1 aromatic carbocycles. The average Bonchev–Trinajstić information content (AvgIpc) is 2.20. The van der Waals surface area contributed by atoms with Crippen LogP contribution in [0.4, 0.5) is 0 Å². The average molecular weight is 207 g/mol. The molecule has 1 rings (SSSR count). The van der Waals surface area contributed by atoms with Crippen LogP contribution in [0.1, 0.15) is 18.9 Å². The molecule has 0 saturated heterocycles. The van der Waals surface area contributed by atoms with Crippen molar-refractivity contribution in [2.24, 2.45) is 0 Å². The van der Waals surface area contributed by atoms with Crippen LogP contribution in [-0.2, 0) is 6.54 Å². The van der Waals surface area contributed by atoms with Crippen LogP contribution in [0.25, 0.3) is 0 Å². The van der Waals surface area contributed by atoms with Crippen molar-refractivity contribution in [3.63, 3.8) is 0 Å². The minimum atomic E-state index is 0.0881. The van der Waals surface area contributed by atoms with Gasteiger partial charge in [-0.15, -0.1) is 0 Å². The van der Waals surface area contributed by atoms with Gasteiger partial charge < -0.3 is 15.5 Å². The van der Waals surface area contributed by atoms with Crippen molar-refractivity contribution in [3.8, 4) is 11.5 Å². The van der Waals surface area contributed by atoms with E-state index in [4.69, 9.17) is 5.11 Å². The Hall–Kier alpha value is -1.48. The van der Waals surface area contributed by atoms with E-state index >= 15 is 0 Å². The molecule has 0 atom stereocenters. The van der Waals surface area contributed by atoms with Gasteiger partial charge in [0.25, 0.3) is 0 Å². The highest BCUT2D eigenvalue weighted by Gasteiger charge is 2.00. The van der Waals surface area contributed by atoms with Gasteiger partial charge in [-0.2, -0.15) is 0 Å². The molecule has 0 aliphatic heterocycles. The number of hydrogen-bond acceptors (Lipinski definition) is 3. The lowest BCUT2D eigenvalue weighted by Crippen LogP contribution is -2.14. The molecule has 0 aromatic heterocycles. The SMILES string of the molecule is C/C=C/CCNCc1ccc(O)cc1O. The van der Waals surface area contributed by atoms with E-state index in [-0.39, 0.29) is 11.5 Å². The predicted molar refractivity (Wildman–Crippen MR) is 60.9 cm³/mol. The lowest BCUT2D eigenvalue weighted by atomic mass is 10.2. The van der Waals surface area contributed by atoms with Gasteiger partial charge in [0.15, 0.2) is 0 Å². The molecule has 0 heterocycles. The maximum absolute atomic E-state index is 9.48. The van der Waals surface area contributed by atoms with E-state index in [0.717, 1.165) is 18.5 Å². The van der Waals surface area contributed by atoms with Crippen LogP contribution < -0.4 is 5.32 Å². The molecule has 0 aliphatic rings. The summed E-state index contributed by atoms with van der Waals surface area (Å²) in [4.78, 5) is 0. The van der Waals surface area contributed by atoms with Gasteiger partial charge >= 0.3 is 0 Å². The van der Waals surface area contributed by atoms with Crippen molar-refractivity contribution >= 4 is 0 Å².